The second-order valence-electron chi connectivity index (χ2n) is 4.40. The van der Waals surface area contributed by atoms with Gasteiger partial charge in [0, 0.05) is 19.8 Å². The molecule has 1 saturated heterocycles. The minimum atomic E-state index is -0.770. The van der Waals surface area contributed by atoms with Gasteiger partial charge in [-0.15, -0.1) is 0 Å². The Bertz CT molecular complexity index is 167. The maximum Gasteiger partial charge on any atom is 0.0975 e. The van der Waals surface area contributed by atoms with Gasteiger partial charge >= 0.3 is 0 Å². The Hall–Kier alpha value is -0.160. The zero-order valence-electron chi connectivity index (χ0n) is 9.79. The number of hydrogen-bond donors (Lipinski definition) is 2. The lowest BCUT2D eigenvalue weighted by atomic mass is 10.1. The molecule has 1 unspecified atom stereocenters. The summed E-state index contributed by atoms with van der Waals surface area (Å²) in [5.41, 5.74) is -0.770. The van der Waals surface area contributed by atoms with Crippen LogP contribution in [0.25, 0.3) is 0 Å². The molecule has 0 bridgehead atoms. The lowest BCUT2D eigenvalue weighted by Crippen LogP contribution is -2.43. The zero-order valence-corrected chi connectivity index (χ0v) is 9.79. The van der Waals surface area contributed by atoms with Crippen LogP contribution in [0.2, 0.25) is 0 Å². The van der Waals surface area contributed by atoms with Gasteiger partial charge in [-0.3, -0.25) is 0 Å². The second-order valence-corrected chi connectivity index (χ2v) is 4.40. The first-order valence-electron chi connectivity index (χ1n) is 5.76. The molecule has 0 aliphatic carbocycles. The van der Waals surface area contributed by atoms with Crippen molar-refractivity contribution in [3.05, 3.63) is 0 Å². The summed E-state index contributed by atoms with van der Waals surface area (Å²) in [5, 5.41) is 13.1. The molecule has 1 atom stereocenters. The smallest absolute Gasteiger partial charge is 0.0975 e. The van der Waals surface area contributed by atoms with Gasteiger partial charge in [0.15, 0.2) is 0 Å². The summed E-state index contributed by atoms with van der Waals surface area (Å²) in [5.74, 6) is 0. The van der Waals surface area contributed by atoms with Gasteiger partial charge in [-0.1, -0.05) is 6.92 Å². The van der Waals surface area contributed by atoms with Crippen molar-refractivity contribution in [3.8, 4) is 0 Å². The van der Waals surface area contributed by atoms with E-state index in [0.717, 1.165) is 32.6 Å². The van der Waals surface area contributed by atoms with Crippen LogP contribution in [0, 0.1) is 0 Å². The highest BCUT2D eigenvalue weighted by Crippen LogP contribution is 2.13. The quantitative estimate of drug-likeness (QED) is 0.682. The Kier molecular flexibility index (Phi) is 5.53. The highest BCUT2D eigenvalue weighted by atomic mass is 16.5. The predicted molar refractivity (Wildman–Crippen MR) is 59.0 cm³/mol. The molecule has 90 valence electrons. The minimum Gasteiger partial charge on any atom is -0.386 e. The number of rotatable bonds is 6. The molecule has 1 fully saturated rings. The third-order valence-corrected chi connectivity index (χ3v) is 2.55. The largest absolute Gasteiger partial charge is 0.386 e. The molecular formula is C11H23NO3. The van der Waals surface area contributed by atoms with Gasteiger partial charge in [0.25, 0.3) is 0 Å². The highest BCUT2D eigenvalue weighted by molar-refractivity contribution is 4.76. The van der Waals surface area contributed by atoms with Crippen molar-refractivity contribution < 1.29 is 14.6 Å². The number of ether oxygens (including phenoxy) is 2. The topological polar surface area (TPSA) is 50.7 Å². The zero-order chi connectivity index (χ0) is 11.1. The van der Waals surface area contributed by atoms with Gasteiger partial charge in [-0.2, -0.15) is 0 Å². The number of nitrogens with one attached hydrogen (secondary N) is 1. The summed E-state index contributed by atoms with van der Waals surface area (Å²) in [6.45, 7) is 7.22. The van der Waals surface area contributed by atoms with E-state index in [9.17, 15) is 5.11 Å². The fourth-order valence-corrected chi connectivity index (χ4v) is 1.59. The standard InChI is InChI=1S/C11H23NO3/c1-3-12-8-11(2,13)9-15-10-4-6-14-7-5-10/h10,12-13H,3-9H2,1-2H3. The Balaban J connectivity index is 2.15. The van der Waals surface area contributed by atoms with E-state index >= 15 is 0 Å². The normalized spacial score (nSPS) is 22.6. The maximum atomic E-state index is 9.96. The molecule has 0 aromatic heterocycles. The van der Waals surface area contributed by atoms with Crippen LogP contribution in [-0.2, 0) is 9.47 Å². The Morgan fingerprint density at radius 1 is 1.47 bits per heavy atom. The van der Waals surface area contributed by atoms with Crippen LogP contribution in [-0.4, -0.2) is 49.7 Å². The molecule has 1 heterocycles. The molecular weight excluding hydrogens is 194 g/mol. The molecule has 15 heavy (non-hydrogen) atoms. The molecule has 4 heteroatoms. The van der Waals surface area contributed by atoms with Crippen LogP contribution in [0.5, 0.6) is 0 Å². The van der Waals surface area contributed by atoms with E-state index in [1.807, 2.05) is 6.92 Å². The number of likely N-dealkylation sites (N-methyl/N-ethyl adjacent to an activating group) is 1. The molecule has 1 rings (SSSR count). The van der Waals surface area contributed by atoms with Crippen LogP contribution in [0.15, 0.2) is 0 Å². The first-order valence-corrected chi connectivity index (χ1v) is 5.76. The molecule has 0 amide bonds. The average molecular weight is 217 g/mol. The summed E-state index contributed by atoms with van der Waals surface area (Å²) in [7, 11) is 0. The summed E-state index contributed by atoms with van der Waals surface area (Å²) >= 11 is 0. The van der Waals surface area contributed by atoms with Gasteiger partial charge < -0.3 is 19.9 Å². The molecule has 2 N–H and O–H groups in total. The van der Waals surface area contributed by atoms with Gasteiger partial charge in [0.1, 0.15) is 0 Å². The highest BCUT2D eigenvalue weighted by Gasteiger charge is 2.23. The van der Waals surface area contributed by atoms with Gasteiger partial charge in [-0.25, -0.2) is 0 Å². The van der Waals surface area contributed by atoms with Crippen LogP contribution in [0.4, 0.5) is 0 Å². The van der Waals surface area contributed by atoms with Gasteiger partial charge in [-0.05, 0) is 26.3 Å². The van der Waals surface area contributed by atoms with Crippen LogP contribution >= 0.6 is 0 Å². The van der Waals surface area contributed by atoms with Crippen molar-refractivity contribution in [1.29, 1.82) is 0 Å². The lowest BCUT2D eigenvalue weighted by Gasteiger charge is -2.28. The van der Waals surface area contributed by atoms with Crippen LogP contribution in [0.1, 0.15) is 26.7 Å². The van der Waals surface area contributed by atoms with Gasteiger partial charge in [0.05, 0.1) is 18.3 Å². The molecule has 0 aromatic carbocycles. The Morgan fingerprint density at radius 2 is 2.13 bits per heavy atom. The van der Waals surface area contributed by atoms with Crippen molar-refractivity contribution in [3.63, 3.8) is 0 Å². The Labute approximate surface area is 92.0 Å². The molecule has 4 nitrogen and oxygen atoms in total. The van der Waals surface area contributed by atoms with E-state index in [-0.39, 0.29) is 6.10 Å². The summed E-state index contributed by atoms with van der Waals surface area (Å²) < 4.78 is 10.9. The van der Waals surface area contributed by atoms with Crippen molar-refractivity contribution in [1.82, 2.24) is 5.32 Å². The van der Waals surface area contributed by atoms with Crippen molar-refractivity contribution >= 4 is 0 Å². The van der Waals surface area contributed by atoms with E-state index in [1.165, 1.54) is 0 Å². The second kappa shape index (κ2) is 6.43. The van der Waals surface area contributed by atoms with Gasteiger partial charge in [0.2, 0.25) is 0 Å². The third-order valence-electron chi connectivity index (χ3n) is 2.55. The number of aliphatic hydroxyl groups is 1. The molecule has 0 saturated carbocycles. The van der Waals surface area contributed by atoms with E-state index in [2.05, 4.69) is 5.32 Å². The molecule has 1 aliphatic rings. The van der Waals surface area contributed by atoms with Crippen molar-refractivity contribution in [2.45, 2.75) is 38.4 Å². The average Bonchev–Trinajstić information content (AvgIpc) is 2.25. The van der Waals surface area contributed by atoms with Crippen molar-refractivity contribution in [2.75, 3.05) is 32.9 Å². The first kappa shape index (κ1) is 12.9. The fourth-order valence-electron chi connectivity index (χ4n) is 1.59. The van der Waals surface area contributed by atoms with Crippen LogP contribution in [0.3, 0.4) is 0 Å². The molecule has 0 aromatic rings. The minimum absolute atomic E-state index is 0.256. The van der Waals surface area contributed by atoms with E-state index < -0.39 is 5.60 Å². The van der Waals surface area contributed by atoms with E-state index in [1.54, 1.807) is 6.92 Å². The maximum absolute atomic E-state index is 9.96. The Morgan fingerprint density at radius 3 is 2.73 bits per heavy atom. The van der Waals surface area contributed by atoms with E-state index in [0.29, 0.717) is 13.2 Å². The monoisotopic (exact) mass is 217 g/mol. The summed E-state index contributed by atoms with van der Waals surface area (Å²) in [4.78, 5) is 0. The third kappa shape index (κ3) is 5.47. The fraction of sp³-hybridized carbons (Fsp3) is 1.00. The van der Waals surface area contributed by atoms with Crippen LogP contribution < -0.4 is 5.32 Å². The molecule has 0 radical (unpaired) electrons. The molecule has 1 aliphatic heterocycles. The van der Waals surface area contributed by atoms with Crippen molar-refractivity contribution in [2.24, 2.45) is 0 Å². The lowest BCUT2D eigenvalue weighted by molar-refractivity contribution is -0.0901. The summed E-state index contributed by atoms with van der Waals surface area (Å²) in [6, 6.07) is 0. The number of hydrogen-bond acceptors (Lipinski definition) is 4. The summed E-state index contributed by atoms with van der Waals surface area (Å²) in [6.07, 6.45) is 2.14. The first-order chi connectivity index (χ1) is 7.14. The molecule has 0 spiro atoms. The van der Waals surface area contributed by atoms with E-state index in [4.69, 9.17) is 9.47 Å². The predicted octanol–water partition coefficient (Wildman–Crippen LogP) is 0.542. The SMILES string of the molecule is CCNCC(C)(O)COC1CCOCC1.